The van der Waals surface area contributed by atoms with Crippen molar-refractivity contribution in [3.63, 3.8) is 0 Å². The first-order valence-electron chi connectivity index (χ1n) is 13.5. The minimum absolute atomic E-state index is 0.156. The number of aromatic nitrogens is 3. The van der Waals surface area contributed by atoms with E-state index < -0.39 is 22.1 Å². The van der Waals surface area contributed by atoms with E-state index in [9.17, 15) is 17.9 Å². The van der Waals surface area contributed by atoms with Gasteiger partial charge in [0.2, 0.25) is 5.95 Å². The molecule has 2 aliphatic rings. The molecule has 0 unspecified atom stereocenters. The van der Waals surface area contributed by atoms with Crippen LogP contribution in [0.25, 0.3) is 10.8 Å². The van der Waals surface area contributed by atoms with Crippen LogP contribution in [0.4, 0.5) is 27.7 Å². The number of aliphatic hydroxyl groups is 1. The van der Waals surface area contributed by atoms with Crippen LogP contribution in [0.3, 0.4) is 0 Å². The fraction of sp³-hybridized carbons (Fsp3) is 0.536. The minimum Gasteiger partial charge on any atom is -0.388 e. The molecule has 4 atom stereocenters. The van der Waals surface area contributed by atoms with E-state index in [0.29, 0.717) is 42.4 Å². The van der Waals surface area contributed by atoms with Gasteiger partial charge in [-0.05, 0) is 60.7 Å². The zero-order valence-electron chi connectivity index (χ0n) is 22.9. The van der Waals surface area contributed by atoms with Crippen LogP contribution in [0.15, 0.2) is 36.7 Å². The average molecular weight is 557 g/mol. The van der Waals surface area contributed by atoms with E-state index in [1.54, 1.807) is 17.2 Å². The number of pyridine rings is 1. The van der Waals surface area contributed by atoms with Gasteiger partial charge in [0.15, 0.2) is 0 Å². The van der Waals surface area contributed by atoms with Crippen molar-refractivity contribution in [3.8, 4) is 0 Å². The number of nitrogens with one attached hydrogen (secondary N) is 1. The Morgan fingerprint density at radius 3 is 2.64 bits per heavy atom. The van der Waals surface area contributed by atoms with Gasteiger partial charge in [0, 0.05) is 55.4 Å². The number of rotatable bonds is 8. The SMILES string of the molecule is CC(C)c1ccc(N2C[C@H](CCS(C)(=O)=O)[C@H]2C)c2cnc(Nc3ccnc(N4CC[C@@H](F)[C@@H](O)C4)n3)cc12. The first-order valence-corrected chi connectivity index (χ1v) is 15.6. The predicted octanol–water partition coefficient (Wildman–Crippen LogP) is 4.06. The molecular formula is C28H37FN6O3S. The molecule has 1 aromatic carbocycles. The maximum Gasteiger partial charge on any atom is 0.227 e. The number of hydrogen-bond donors (Lipinski definition) is 2. The van der Waals surface area contributed by atoms with Gasteiger partial charge >= 0.3 is 0 Å². The second kappa shape index (κ2) is 10.8. The molecule has 0 amide bonds. The number of β-amino-alcohol motifs (C(OH)–C–C–N with tert-alkyl or cyclic N) is 1. The topological polar surface area (TPSA) is 112 Å². The molecule has 2 aliphatic heterocycles. The van der Waals surface area contributed by atoms with Crippen molar-refractivity contribution in [2.45, 2.75) is 57.8 Å². The zero-order chi connectivity index (χ0) is 27.9. The molecule has 210 valence electrons. The van der Waals surface area contributed by atoms with Crippen molar-refractivity contribution in [1.29, 1.82) is 0 Å². The van der Waals surface area contributed by atoms with E-state index in [2.05, 4.69) is 53.1 Å². The summed E-state index contributed by atoms with van der Waals surface area (Å²) in [5, 5.41) is 15.4. The third kappa shape index (κ3) is 5.94. The number of halogens is 1. The maximum atomic E-state index is 13.7. The van der Waals surface area contributed by atoms with Crippen LogP contribution in [0, 0.1) is 5.92 Å². The third-order valence-corrected chi connectivity index (χ3v) is 8.97. The Kier molecular flexibility index (Phi) is 7.65. The quantitative estimate of drug-likeness (QED) is 0.424. The molecule has 2 aromatic heterocycles. The van der Waals surface area contributed by atoms with Crippen molar-refractivity contribution < 1.29 is 17.9 Å². The molecule has 3 aromatic rings. The normalized spacial score (nSPS) is 23.8. The number of anilines is 4. The molecule has 4 heterocycles. The molecule has 39 heavy (non-hydrogen) atoms. The molecular weight excluding hydrogens is 519 g/mol. The summed E-state index contributed by atoms with van der Waals surface area (Å²) in [6.07, 6.45) is 3.47. The van der Waals surface area contributed by atoms with E-state index in [-0.39, 0.29) is 24.8 Å². The summed E-state index contributed by atoms with van der Waals surface area (Å²) in [5.41, 5.74) is 2.32. The molecule has 2 saturated heterocycles. The van der Waals surface area contributed by atoms with E-state index >= 15 is 0 Å². The number of benzene rings is 1. The van der Waals surface area contributed by atoms with Crippen LogP contribution in [0.1, 0.15) is 45.1 Å². The van der Waals surface area contributed by atoms with Crippen molar-refractivity contribution in [2.75, 3.05) is 46.8 Å². The number of nitrogens with zero attached hydrogens (tertiary/aromatic N) is 5. The lowest BCUT2D eigenvalue weighted by Gasteiger charge is -2.48. The highest BCUT2D eigenvalue weighted by Gasteiger charge is 2.36. The average Bonchev–Trinajstić information content (AvgIpc) is 2.88. The van der Waals surface area contributed by atoms with Crippen LogP contribution < -0.4 is 15.1 Å². The fourth-order valence-corrected chi connectivity index (χ4v) is 6.29. The second-order valence-electron chi connectivity index (χ2n) is 11.2. The minimum atomic E-state index is -2.97. The van der Waals surface area contributed by atoms with Gasteiger partial charge in [0.1, 0.15) is 33.7 Å². The third-order valence-electron chi connectivity index (χ3n) is 7.99. The van der Waals surface area contributed by atoms with Crippen LogP contribution in [-0.4, -0.2) is 78.4 Å². The lowest BCUT2D eigenvalue weighted by molar-refractivity contribution is 0.0640. The predicted molar refractivity (Wildman–Crippen MR) is 154 cm³/mol. The Bertz CT molecular complexity index is 1450. The Labute approximate surface area is 229 Å². The van der Waals surface area contributed by atoms with Crippen molar-refractivity contribution in [2.24, 2.45) is 5.92 Å². The number of fused-ring (bicyclic) bond motifs is 1. The monoisotopic (exact) mass is 556 g/mol. The fourth-order valence-electron chi connectivity index (χ4n) is 5.56. The highest BCUT2D eigenvalue weighted by molar-refractivity contribution is 7.90. The highest BCUT2D eigenvalue weighted by Crippen LogP contribution is 2.40. The van der Waals surface area contributed by atoms with Gasteiger partial charge in [-0.2, -0.15) is 4.98 Å². The number of alkyl halides is 1. The van der Waals surface area contributed by atoms with E-state index in [4.69, 9.17) is 4.98 Å². The molecule has 5 rings (SSSR count). The largest absolute Gasteiger partial charge is 0.388 e. The summed E-state index contributed by atoms with van der Waals surface area (Å²) in [4.78, 5) is 17.7. The highest BCUT2D eigenvalue weighted by atomic mass is 32.2. The van der Waals surface area contributed by atoms with E-state index in [0.717, 1.165) is 23.0 Å². The van der Waals surface area contributed by atoms with Crippen LogP contribution >= 0.6 is 0 Å². The second-order valence-corrected chi connectivity index (χ2v) is 13.5. The van der Waals surface area contributed by atoms with Crippen molar-refractivity contribution >= 4 is 43.9 Å². The van der Waals surface area contributed by atoms with Crippen LogP contribution in [-0.2, 0) is 9.84 Å². The summed E-state index contributed by atoms with van der Waals surface area (Å²) < 4.78 is 37.0. The smallest absolute Gasteiger partial charge is 0.227 e. The molecule has 0 aliphatic carbocycles. The number of hydrogen-bond acceptors (Lipinski definition) is 9. The molecule has 0 saturated carbocycles. The van der Waals surface area contributed by atoms with Gasteiger partial charge in [0.25, 0.3) is 0 Å². The molecule has 0 radical (unpaired) electrons. The Hall–Kier alpha value is -3.05. The molecule has 0 bridgehead atoms. The lowest BCUT2D eigenvalue weighted by Crippen LogP contribution is -2.55. The molecule has 2 fully saturated rings. The number of aliphatic hydroxyl groups excluding tert-OH is 1. The maximum absolute atomic E-state index is 13.7. The molecule has 9 nitrogen and oxygen atoms in total. The Morgan fingerprint density at radius 2 is 1.95 bits per heavy atom. The van der Waals surface area contributed by atoms with Crippen molar-refractivity contribution in [3.05, 3.63) is 42.2 Å². The summed E-state index contributed by atoms with van der Waals surface area (Å²) in [6, 6.07) is 8.37. The summed E-state index contributed by atoms with van der Waals surface area (Å²) in [6.45, 7) is 7.92. The molecule has 0 spiro atoms. The van der Waals surface area contributed by atoms with Gasteiger partial charge in [-0.1, -0.05) is 19.9 Å². The van der Waals surface area contributed by atoms with Crippen LogP contribution in [0.5, 0.6) is 0 Å². The summed E-state index contributed by atoms with van der Waals surface area (Å²) in [5.74, 6) is 2.53. The first-order chi connectivity index (χ1) is 18.5. The summed E-state index contributed by atoms with van der Waals surface area (Å²) in [7, 11) is -2.97. The van der Waals surface area contributed by atoms with Gasteiger partial charge in [-0.25, -0.2) is 22.8 Å². The summed E-state index contributed by atoms with van der Waals surface area (Å²) >= 11 is 0. The number of sulfone groups is 1. The lowest BCUT2D eigenvalue weighted by atomic mass is 9.85. The van der Waals surface area contributed by atoms with Gasteiger partial charge in [-0.15, -0.1) is 0 Å². The molecule has 2 N–H and O–H groups in total. The number of piperidine rings is 1. The zero-order valence-corrected chi connectivity index (χ0v) is 23.7. The van der Waals surface area contributed by atoms with E-state index in [1.165, 1.54) is 11.8 Å². The Morgan fingerprint density at radius 1 is 1.15 bits per heavy atom. The van der Waals surface area contributed by atoms with Crippen LogP contribution in [0.2, 0.25) is 0 Å². The first kappa shape index (κ1) is 27.5. The van der Waals surface area contributed by atoms with Crippen molar-refractivity contribution in [1.82, 2.24) is 15.0 Å². The molecule has 11 heteroatoms. The van der Waals surface area contributed by atoms with Gasteiger partial charge < -0.3 is 20.2 Å². The Balaban J connectivity index is 1.38. The van der Waals surface area contributed by atoms with Gasteiger partial charge in [-0.3, -0.25) is 0 Å². The van der Waals surface area contributed by atoms with Gasteiger partial charge in [0.05, 0.1) is 5.75 Å². The van der Waals surface area contributed by atoms with E-state index in [1.807, 2.05) is 12.3 Å². The standard InChI is InChI=1S/C28H37FN6O3S/c1-17(2)20-5-6-24(35-15-19(18(35)3)9-12-39(4,37)38)22-14-31-27(13-21(20)22)32-26-7-10-30-28(33-26)34-11-8-23(29)25(36)16-34/h5-7,10,13-14,17-19,23,25,36H,8-9,11-12,15-16H2,1-4H3,(H,30,31,32,33)/t18-,19+,23-,25+/m1/s1.